The van der Waals surface area contributed by atoms with E-state index < -0.39 is 11.9 Å². The fourth-order valence-corrected chi connectivity index (χ4v) is 1.44. The number of methoxy groups -OCH3 is 1. The van der Waals surface area contributed by atoms with E-state index in [2.05, 4.69) is 15.9 Å². The van der Waals surface area contributed by atoms with Gasteiger partial charge in [0.2, 0.25) is 0 Å². The van der Waals surface area contributed by atoms with Crippen LogP contribution in [0.25, 0.3) is 0 Å². The van der Waals surface area contributed by atoms with Gasteiger partial charge >= 0.3 is 0 Å². The highest BCUT2D eigenvalue weighted by Gasteiger charge is 2.14. The highest BCUT2D eigenvalue weighted by molar-refractivity contribution is 9.09. The van der Waals surface area contributed by atoms with E-state index in [9.17, 15) is 9.50 Å². The number of aliphatic hydroxyl groups is 1. The van der Waals surface area contributed by atoms with Crippen LogP contribution in [-0.4, -0.2) is 17.5 Å². The fraction of sp³-hybridized carbons (Fsp3) is 0.333. The summed E-state index contributed by atoms with van der Waals surface area (Å²) in [5.74, 6) is -0.352. The third kappa shape index (κ3) is 2.19. The van der Waals surface area contributed by atoms with Crippen molar-refractivity contribution in [2.24, 2.45) is 0 Å². The molecule has 0 heterocycles. The van der Waals surface area contributed by atoms with Gasteiger partial charge in [-0.3, -0.25) is 0 Å². The Morgan fingerprint density at radius 1 is 1.62 bits per heavy atom. The largest absolute Gasteiger partial charge is 0.493 e. The minimum Gasteiger partial charge on any atom is -0.493 e. The van der Waals surface area contributed by atoms with Crippen molar-refractivity contribution >= 4 is 15.9 Å². The van der Waals surface area contributed by atoms with Crippen molar-refractivity contribution < 1.29 is 14.2 Å². The van der Waals surface area contributed by atoms with E-state index in [0.717, 1.165) is 0 Å². The van der Waals surface area contributed by atoms with E-state index in [1.54, 1.807) is 12.1 Å². The van der Waals surface area contributed by atoms with Crippen LogP contribution in [-0.2, 0) is 0 Å². The lowest BCUT2D eigenvalue weighted by Crippen LogP contribution is -2.02. The van der Waals surface area contributed by atoms with Crippen molar-refractivity contribution in [1.82, 2.24) is 0 Å². The molecule has 0 aliphatic carbocycles. The maximum Gasteiger partial charge on any atom is 0.165 e. The topological polar surface area (TPSA) is 29.5 Å². The molecule has 0 aliphatic heterocycles. The molecule has 1 unspecified atom stereocenters. The van der Waals surface area contributed by atoms with Crippen molar-refractivity contribution in [2.45, 2.75) is 6.10 Å². The Hall–Kier alpha value is -0.610. The van der Waals surface area contributed by atoms with Gasteiger partial charge in [-0.2, -0.15) is 0 Å². The predicted molar refractivity (Wildman–Crippen MR) is 51.7 cm³/mol. The Labute approximate surface area is 84.5 Å². The van der Waals surface area contributed by atoms with Crippen LogP contribution in [0.4, 0.5) is 4.39 Å². The zero-order valence-electron chi connectivity index (χ0n) is 7.13. The Balaban J connectivity index is 3.12. The monoisotopic (exact) mass is 248 g/mol. The lowest BCUT2D eigenvalue weighted by atomic mass is 10.1. The van der Waals surface area contributed by atoms with E-state index in [0.29, 0.717) is 10.9 Å². The molecule has 1 aromatic carbocycles. The SMILES string of the molecule is COc1c(F)cccc1C(O)CBr. The van der Waals surface area contributed by atoms with Gasteiger partial charge in [-0.1, -0.05) is 28.1 Å². The molecule has 0 saturated heterocycles. The summed E-state index contributed by atoms with van der Waals surface area (Å²) in [5.41, 5.74) is 0.458. The number of halogens is 2. The van der Waals surface area contributed by atoms with Gasteiger partial charge in [-0.05, 0) is 6.07 Å². The Bertz CT molecular complexity index is 291. The van der Waals surface area contributed by atoms with Crippen LogP contribution in [0.15, 0.2) is 18.2 Å². The maximum absolute atomic E-state index is 13.1. The highest BCUT2D eigenvalue weighted by atomic mass is 79.9. The number of benzene rings is 1. The zero-order chi connectivity index (χ0) is 9.84. The molecule has 0 aliphatic rings. The quantitative estimate of drug-likeness (QED) is 0.832. The summed E-state index contributed by atoms with van der Waals surface area (Å²) in [4.78, 5) is 0. The zero-order valence-corrected chi connectivity index (χ0v) is 8.71. The van der Waals surface area contributed by atoms with Crippen molar-refractivity contribution in [2.75, 3.05) is 12.4 Å². The van der Waals surface area contributed by atoms with Gasteiger partial charge in [0.25, 0.3) is 0 Å². The normalized spacial score (nSPS) is 12.6. The molecule has 0 fully saturated rings. The van der Waals surface area contributed by atoms with Gasteiger partial charge in [-0.15, -0.1) is 0 Å². The summed E-state index contributed by atoms with van der Waals surface area (Å²) in [5, 5.41) is 9.83. The summed E-state index contributed by atoms with van der Waals surface area (Å²) in [6.07, 6.45) is -0.745. The molecule has 13 heavy (non-hydrogen) atoms. The first kappa shape index (κ1) is 10.5. The number of ether oxygens (including phenoxy) is 1. The number of rotatable bonds is 3. The average Bonchev–Trinajstić information content (AvgIpc) is 2.16. The van der Waals surface area contributed by atoms with Gasteiger partial charge in [0.1, 0.15) is 0 Å². The smallest absolute Gasteiger partial charge is 0.165 e. The van der Waals surface area contributed by atoms with Crippen molar-refractivity contribution in [1.29, 1.82) is 0 Å². The molecule has 72 valence electrons. The number of hydrogen-bond donors (Lipinski definition) is 1. The van der Waals surface area contributed by atoms with E-state index in [-0.39, 0.29) is 5.75 Å². The molecule has 0 bridgehead atoms. The van der Waals surface area contributed by atoms with E-state index in [1.165, 1.54) is 13.2 Å². The van der Waals surface area contributed by atoms with Crippen LogP contribution in [0.2, 0.25) is 0 Å². The van der Waals surface area contributed by atoms with Crippen LogP contribution < -0.4 is 4.74 Å². The van der Waals surface area contributed by atoms with E-state index in [4.69, 9.17) is 4.74 Å². The second-order valence-corrected chi connectivity index (χ2v) is 3.18. The summed E-state index contributed by atoms with van der Waals surface area (Å²) >= 11 is 3.11. The van der Waals surface area contributed by atoms with E-state index in [1.807, 2.05) is 0 Å². The van der Waals surface area contributed by atoms with Crippen LogP contribution >= 0.6 is 15.9 Å². The number of hydrogen-bond acceptors (Lipinski definition) is 2. The number of alkyl halides is 1. The molecule has 1 rings (SSSR count). The second-order valence-electron chi connectivity index (χ2n) is 2.53. The molecule has 0 aromatic heterocycles. The van der Waals surface area contributed by atoms with Crippen LogP contribution in [0.1, 0.15) is 11.7 Å². The van der Waals surface area contributed by atoms with Gasteiger partial charge in [0.15, 0.2) is 11.6 Å². The average molecular weight is 249 g/mol. The molecule has 1 atom stereocenters. The minimum atomic E-state index is -0.745. The molecule has 1 N–H and O–H groups in total. The summed E-state index contributed by atoms with van der Waals surface area (Å²) in [6, 6.07) is 4.47. The van der Waals surface area contributed by atoms with Gasteiger partial charge < -0.3 is 9.84 Å². The molecular weight excluding hydrogens is 239 g/mol. The van der Waals surface area contributed by atoms with Crippen molar-refractivity contribution in [3.63, 3.8) is 0 Å². The molecule has 0 spiro atoms. The van der Waals surface area contributed by atoms with Crippen molar-refractivity contribution in [3.05, 3.63) is 29.6 Å². The van der Waals surface area contributed by atoms with Gasteiger partial charge in [-0.25, -0.2) is 4.39 Å². The highest BCUT2D eigenvalue weighted by Crippen LogP contribution is 2.28. The number of para-hydroxylation sites is 1. The summed E-state index contributed by atoms with van der Waals surface area (Å²) < 4.78 is 17.9. The minimum absolute atomic E-state index is 0.106. The summed E-state index contributed by atoms with van der Waals surface area (Å²) in [6.45, 7) is 0. The molecule has 2 nitrogen and oxygen atoms in total. The molecule has 0 radical (unpaired) electrons. The standard InChI is InChI=1S/C9H10BrFO2/c1-13-9-6(8(12)5-10)3-2-4-7(9)11/h2-4,8,12H,5H2,1H3. The Morgan fingerprint density at radius 3 is 2.85 bits per heavy atom. The van der Waals surface area contributed by atoms with Crippen LogP contribution in [0, 0.1) is 5.82 Å². The molecule has 0 saturated carbocycles. The van der Waals surface area contributed by atoms with Crippen LogP contribution in [0.3, 0.4) is 0 Å². The third-order valence-corrected chi connectivity index (χ3v) is 2.32. The first-order chi connectivity index (χ1) is 6.20. The predicted octanol–water partition coefficient (Wildman–Crippen LogP) is 2.26. The Morgan fingerprint density at radius 2 is 2.31 bits per heavy atom. The molecule has 4 heteroatoms. The lowest BCUT2D eigenvalue weighted by molar-refractivity contribution is 0.199. The Kier molecular flexibility index (Phi) is 3.69. The number of aliphatic hydroxyl groups excluding tert-OH is 1. The van der Waals surface area contributed by atoms with Crippen LogP contribution in [0.5, 0.6) is 5.75 Å². The first-order valence-corrected chi connectivity index (χ1v) is 4.89. The second kappa shape index (κ2) is 4.58. The lowest BCUT2D eigenvalue weighted by Gasteiger charge is -2.12. The van der Waals surface area contributed by atoms with Crippen molar-refractivity contribution in [3.8, 4) is 5.75 Å². The summed E-state index contributed by atoms with van der Waals surface area (Å²) in [7, 11) is 1.38. The molecule has 1 aromatic rings. The third-order valence-electron chi connectivity index (χ3n) is 1.71. The van der Waals surface area contributed by atoms with E-state index >= 15 is 0 Å². The fourth-order valence-electron chi connectivity index (χ4n) is 1.09. The van der Waals surface area contributed by atoms with Gasteiger partial charge in [0, 0.05) is 10.9 Å². The van der Waals surface area contributed by atoms with Gasteiger partial charge in [0.05, 0.1) is 13.2 Å². The molecular formula is C9H10BrFO2. The first-order valence-electron chi connectivity index (χ1n) is 3.77. The maximum atomic E-state index is 13.1. The molecule has 0 amide bonds.